The highest BCUT2D eigenvalue weighted by Gasteiger charge is 2.21. The van der Waals surface area contributed by atoms with Gasteiger partial charge in [-0.2, -0.15) is 0 Å². The average molecular weight is 241 g/mol. The Hall–Kier alpha value is -1.26. The van der Waals surface area contributed by atoms with Crippen LogP contribution in [-0.4, -0.2) is 17.7 Å². The lowest BCUT2D eigenvalue weighted by atomic mass is 10.2. The van der Waals surface area contributed by atoms with Gasteiger partial charge in [0.15, 0.2) is 5.58 Å². The van der Waals surface area contributed by atoms with E-state index in [2.05, 4.69) is 5.32 Å². The van der Waals surface area contributed by atoms with Crippen LogP contribution in [0, 0.1) is 0 Å². The molecule has 2 aromatic rings. The van der Waals surface area contributed by atoms with Crippen molar-refractivity contribution in [1.29, 1.82) is 0 Å². The number of hydrogen-bond acceptors (Lipinski definition) is 3. The number of fused-ring (bicyclic) bond motifs is 1. The van der Waals surface area contributed by atoms with Crippen LogP contribution in [0.1, 0.15) is 12.5 Å². The Labute approximate surface area is 98.7 Å². The molecule has 86 valence electrons. The molecule has 1 N–H and O–H groups in total. The molecule has 0 amide bonds. The number of hydrogen-bond donors (Lipinski definition) is 1. The third-order valence-corrected chi connectivity index (χ3v) is 2.92. The van der Waals surface area contributed by atoms with Gasteiger partial charge in [-0.1, -0.05) is 12.1 Å². The van der Waals surface area contributed by atoms with E-state index in [-0.39, 0.29) is 24.2 Å². The van der Waals surface area contributed by atoms with Gasteiger partial charge in [0.1, 0.15) is 0 Å². The predicted molar refractivity (Wildman–Crippen MR) is 64.2 cm³/mol. The molecule has 1 atom stereocenters. The van der Waals surface area contributed by atoms with E-state index >= 15 is 0 Å². The number of nitrogens with zero attached hydrogens (tertiary/aromatic N) is 1. The van der Waals surface area contributed by atoms with E-state index in [0.29, 0.717) is 5.58 Å². The van der Waals surface area contributed by atoms with Crippen molar-refractivity contribution in [2.45, 2.75) is 12.5 Å². The zero-order valence-electron chi connectivity index (χ0n) is 8.68. The summed E-state index contributed by atoms with van der Waals surface area (Å²) in [5.41, 5.74) is 1.57. The van der Waals surface area contributed by atoms with Gasteiger partial charge in [0, 0.05) is 6.54 Å². The van der Waals surface area contributed by atoms with Crippen LogP contribution in [-0.2, 0) is 0 Å². The van der Waals surface area contributed by atoms with E-state index in [4.69, 9.17) is 4.42 Å². The standard InChI is InChI=1S/C11H12N2O2.ClH/c14-11-13(8-5-6-12-7-8)9-3-1-2-4-10(9)15-11;/h1-4,8,12H,5-7H2;1H. The van der Waals surface area contributed by atoms with Crippen LogP contribution < -0.4 is 11.1 Å². The first-order chi connectivity index (χ1) is 7.36. The molecule has 16 heavy (non-hydrogen) atoms. The lowest BCUT2D eigenvalue weighted by Crippen LogP contribution is -2.22. The van der Waals surface area contributed by atoms with Crippen LogP contribution in [0.25, 0.3) is 11.1 Å². The molecular weight excluding hydrogens is 228 g/mol. The number of oxazole rings is 1. The molecule has 4 nitrogen and oxygen atoms in total. The fraction of sp³-hybridized carbons (Fsp3) is 0.364. The summed E-state index contributed by atoms with van der Waals surface area (Å²) in [5, 5.41) is 3.25. The molecule has 1 aliphatic heterocycles. The molecule has 5 heteroatoms. The second-order valence-electron chi connectivity index (χ2n) is 3.85. The number of para-hydroxylation sites is 2. The van der Waals surface area contributed by atoms with E-state index in [1.165, 1.54) is 0 Å². The van der Waals surface area contributed by atoms with Crippen molar-refractivity contribution in [2.24, 2.45) is 0 Å². The summed E-state index contributed by atoms with van der Waals surface area (Å²) < 4.78 is 6.95. The van der Waals surface area contributed by atoms with Gasteiger partial charge in [-0.15, -0.1) is 12.4 Å². The fourth-order valence-electron chi connectivity index (χ4n) is 2.19. The molecule has 0 bridgehead atoms. The zero-order valence-corrected chi connectivity index (χ0v) is 9.50. The molecule has 1 aromatic carbocycles. The number of nitrogens with one attached hydrogen (secondary N) is 1. The SMILES string of the molecule is Cl.O=c1oc2ccccc2n1C1CCNC1. The summed E-state index contributed by atoms with van der Waals surface area (Å²) in [7, 11) is 0. The molecule has 0 aliphatic carbocycles. The van der Waals surface area contributed by atoms with Gasteiger partial charge in [0.05, 0.1) is 11.6 Å². The molecule has 0 radical (unpaired) electrons. The highest BCUT2D eigenvalue weighted by molar-refractivity contribution is 5.85. The van der Waals surface area contributed by atoms with Crippen LogP contribution in [0.3, 0.4) is 0 Å². The molecule has 1 aromatic heterocycles. The molecule has 0 saturated carbocycles. The molecule has 1 aliphatic rings. The smallest absolute Gasteiger partial charge is 0.408 e. The van der Waals surface area contributed by atoms with E-state index in [1.807, 2.05) is 24.3 Å². The van der Waals surface area contributed by atoms with Gasteiger partial charge in [-0.05, 0) is 25.1 Å². The van der Waals surface area contributed by atoms with Crippen molar-refractivity contribution in [3.63, 3.8) is 0 Å². The van der Waals surface area contributed by atoms with Crippen molar-refractivity contribution in [3.05, 3.63) is 34.8 Å². The third-order valence-electron chi connectivity index (χ3n) is 2.92. The van der Waals surface area contributed by atoms with Crippen LogP contribution in [0.2, 0.25) is 0 Å². The Morgan fingerprint density at radius 2 is 2.19 bits per heavy atom. The number of rotatable bonds is 1. The van der Waals surface area contributed by atoms with Crippen LogP contribution in [0.15, 0.2) is 33.5 Å². The molecule has 1 unspecified atom stereocenters. The Bertz CT molecular complexity index is 540. The number of halogens is 1. The normalized spacial score (nSPS) is 19.9. The van der Waals surface area contributed by atoms with Crippen molar-refractivity contribution < 1.29 is 4.42 Å². The van der Waals surface area contributed by atoms with Gasteiger partial charge in [0.2, 0.25) is 0 Å². The van der Waals surface area contributed by atoms with E-state index in [9.17, 15) is 4.79 Å². The maximum absolute atomic E-state index is 11.7. The number of aromatic nitrogens is 1. The van der Waals surface area contributed by atoms with Crippen molar-refractivity contribution >= 4 is 23.5 Å². The number of benzene rings is 1. The second kappa shape index (κ2) is 4.31. The lowest BCUT2D eigenvalue weighted by Gasteiger charge is -2.08. The Morgan fingerprint density at radius 1 is 1.38 bits per heavy atom. The van der Waals surface area contributed by atoms with Gasteiger partial charge >= 0.3 is 5.76 Å². The fourth-order valence-corrected chi connectivity index (χ4v) is 2.19. The lowest BCUT2D eigenvalue weighted by molar-refractivity contribution is 0.459. The van der Waals surface area contributed by atoms with Crippen molar-refractivity contribution in [3.8, 4) is 0 Å². The second-order valence-corrected chi connectivity index (χ2v) is 3.85. The minimum absolute atomic E-state index is 0. The third kappa shape index (κ3) is 1.64. The van der Waals surface area contributed by atoms with Gasteiger partial charge in [-0.3, -0.25) is 4.57 Å². The summed E-state index contributed by atoms with van der Waals surface area (Å²) in [4.78, 5) is 11.7. The summed E-state index contributed by atoms with van der Waals surface area (Å²) in [6.45, 7) is 1.82. The van der Waals surface area contributed by atoms with Gasteiger partial charge in [-0.25, -0.2) is 4.79 Å². The predicted octanol–water partition coefficient (Wildman–Crippen LogP) is 1.55. The van der Waals surface area contributed by atoms with E-state index in [1.54, 1.807) is 4.57 Å². The maximum Gasteiger partial charge on any atom is 0.420 e. The van der Waals surface area contributed by atoms with Crippen molar-refractivity contribution in [1.82, 2.24) is 9.88 Å². The summed E-state index contributed by atoms with van der Waals surface area (Å²) in [6, 6.07) is 7.80. The monoisotopic (exact) mass is 240 g/mol. The van der Waals surface area contributed by atoms with Crippen molar-refractivity contribution in [2.75, 3.05) is 13.1 Å². The summed E-state index contributed by atoms with van der Waals surface area (Å²) in [6.07, 6.45) is 0.990. The van der Waals surface area contributed by atoms with Gasteiger partial charge in [0.25, 0.3) is 0 Å². The Morgan fingerprint density at radius 3 is 2.94 bits per heavy atom. The molecule has 3 rings (SSSR count). The van der Waals surface area contributed by atoms with E-state index in [0.717, 1.165) is 25.0 Å². The first kappa shape index (κ1) is 11.2. The highest BCUT2D eigenvalue weighted by atomic mass is 35.5. The molecule has 1 saturated heterocycles. The largest absolute Gasteiger partial charge is 0.420 e. The first-order valence-corrected chi connectivity index (χ1v) is 5.17. The molecular formula is C11H13ClN2O2. The Balaban J connectivity index is 0.000000963. The molecule has 2 heterocycles. The quantitative estimate of drug-likeness (QED) is 0.823. The minimum Gasteiger partial charge on any atom is -0.408 e. The zero-order chi connectivity index (χ0) is 10.3. The Kier molecular flexibility index (Phi) is 3.03. The maximum atomic E-state index is 11.7. The van der Waals surface area contributed by atoms with Gasteiger partial charge < -0.3 is 9.73 Å². The minimum atomic E-state index is -0.245. The van der Waals surface area contributed by atoms with Crippen LogP contribution in [0.5, 0.6) is 0 Å². The summed E-state index contributed by atoms with van der Waals surface area (Å²) >= 11 is 0. The highest BCUT2D eigenvalue weighted by Crippen LogP contribution is 2.20. The average Bonchev–Trinajstić information content (AvgIpc) is 2.82. The van der Waals surface area contributed by atoms with Crippen LogP contribution in [0.4, 0.5) is 0 Å². The van der Waals surface area contributed by atoms with Crippen LogP contribution >= 0.6 is 12.4 Å². The van der Waals surface area contributed by atoms with E-state index < -0.39 is 0 Å². The molecule has 1 fully saturated rings. The molecule has 0 spiro atoms. The first-order valence-electron chi connectivity index (χ1n) is 5.17. The summed E-state index contributed by atoms with van der Waals surface area (Å²) in [5.74, 6) is -0.245. The topological polar surface area (TPSA) is 47.2 Å².